The van der Waals surface area contributed by atoms with Gasteiger partial charge in [-0.2, -0.15) is 13.2 Å². The number of halogens is 3. The lowest BCUT2D eigenvalue weighted by Gasteiger charge is -2.27. The third kappa shape index (κ3) is 5.84. The van der Waals surface area contributed by atoms with Crippen molar-refractivity contribution < 1.29 is 18.0 Å². The summed E-state index contributed by atoms with van der Waals surface area (Å²) in [5.41, 5.74) is 3.89. The van der Waals surface area contributed by atoms with Crippen molar-refractivity contribution in [3.63, 3.8) is 0 Å². The molecule has 0 spiro atoms. The van der Waals surface area contributed by atoms with Crippen LogP contribution in [-0.4, -0.2) is 51.5 Å². The summed E-state index contributed by atoms with van der Waals surface area (Å²) < 4.78 is 41.3. The van der Waals surface area contributed by atoms with Crippen molar-refractivity contribution in [3.05, 3.63) is 108 Å². The van der Waals surface area contributed by atoms with Gasteiger partial charge in [-0.25, -0.2) is 9.97 Å². The van der Waals surface area contributed by atoms with Crippen LogP contribution in [0.3, 0.4) is 0 Å². The molecule has 3 aromatic carbocycles. The number of carbonyl (C=O) groups excluding carboxylic acids is 1. The van der Waals surface area contributed by atoms with E-state index in [-0.39, 0.29) is 5.56 Å². The van der Waals surface area contributed by atoms with Gasteiger partial charge in [0, 0.05) is 66.8 Å². The van der Waals surface area contributed by atoms with Gasteiger partial charge in [0.25, 0.3) is 5.91 Å². The SMILES string of the molecule is O=C(Nc1cccc(-c2ncnc3c2ccn3-c2ccc(CN3CCNCC3)cc2)c1)c1cccc(C(F)(F)F)c1. The van der Waals surface area contributed by atoms with Gasteiger partial charge in [0.1, 0.15) is 12.0 Å². The van der Waals surface area contributed by atoms with Gasteiger partial charge < -0.3 is 15.2 Å². The Labute approximate surface area is 234 Å². The lowest BCUT2D eigenvalue weighted by atomic mass is 10.1. The van der Waals surface area contributed by atoms with Crippen LogP contribution in [0.25, 0.3) is 28.0 Å². The number of aromatic nitrogens is 3. The molecule has 6 rings (SSSR count). The molecule has 0 radical (unpaired) electrons. The highest BCUT2D eigenvalue weighted by molar-refractivity contribution is 6.05. The third-order valence-electron chi connectivity index (χ3n) is 7.16. The molecule has 5 aromatic rings. The van der Waals surface area contributed by atoms with Crippen LogP contribution < -0.4 is 10.6 Å². The maximum atomic E-state index is 13.1. The molecular formula is C31H27F3N6O. The van der Waals surface area contributed by atoms with Gasteiger partial charge in [-0.3, -0.25) is 9.69 Å². The van der Waals surface area contributed by atoms with Gasteiger partial charge in [0.15, 0.2) is 0 Å². The van der Waals surface area contributed by atoms with E-state index in [1.807, 2.05) is 22.9 Å². The number of anilines is 1. The molecule has 208 valence electrons. The van der Waals surface area contributed by atoms with Crippen LogP contribution in [0.2, 0.25) is 0 Å². The summed E-state index contributed by atoms with van der Waals surface area (Å²) in [7, 11) is 0. The number of hydrogen-bond acceptors (Lipinski definition) is 5. The number of benzene rings is 3. The first-order chi connectivity index (χ1) is 19.8. The summed E-state index contributed by atoms with van der Waals surface area (Å²) in [6.07, 6.45) is -1.08. The monoisotopic (exact) mass is 556 g/mol. The van der Waals surface area contributed by atoms with Gasteiger partial charge >= 0.3 is 6.18 Å². The fraction of sp³-hybridized carbons (Fsp3) is 0.194. The Kier molecular flexibility index (Phi) is 7.25. The maximum Gasteiger partial charge on any atom is 0.416 e. The van der Waals surface area contributed by atoms with Gasteiger partial charge in [0.05, 0.1) is 11.3 Å². The number of amides is 1. The van der Waals surface area contributed by atoms with E-state index >= 15 is 0 Å². The average molecular weight is 557 g/mol. The Morgan fingerprint density at radius 1 is 0.927 bits per heavy atom. The van der Waals surface area contributed by atoms with Crippen molar-refractivity contribution >= 4 is 22.6 Å². The fourth-order valence-electron chi connectivity index (χ4n) is 5.06. The van der Waals surface area contributed by atoms with Crippen molar-refractivity contribution in [2.24, 2.45) is 0 Å². The largest absolute Gasteiger partial charge is 0.416 e. The molecule has 0 atom stereocenters. The van der Waals surface area contributed by atoms with Crippen LogP contribution in [-0.2, 0) is 12.7 Å². The van der Waals surface area contributed by atoms with Gasteiger partial charge in [-0.1, -0.05) is 30.3 Å². The average Bonchev–Trinajstić information content (AvgIpc) is 3.42. The van der Waals surface area contributed by atoms with Crippen LogP contribution in [0.4, 0.5) is 18.9 Å². The molecule has 1 aliphatic rings. The number of alkyl halides is 3. The van der Waals surface area contributed by atoms with Crippen molar-refractivity contribution in [2.75, 3.05) is 31.5 Å². The fourth-order valence-corrected chi connectivity index (χ4v) is 5.06. The molecule has 1 fully saturated rings. The Hall–Kier alpha value is -4.54. The smallest absolute Gasteiger partial charge is 0.322 e. The molecule has 0 unspecified atom stereocenters. The van der Waals surface area contributed by atoms with Gasteiger partial charge in [-0.05, 0) is 54.1 Å². The van der Waals surface area contributed by atoms with Crippen LogP contribution in [0, 0.1) is 0 Å². The molecule has 10 heteroatoms. The summed E-state index contributed by atoms with van der Waals surface area (Å²) in [6, 6.07) is 21.8. The van der Waals surface area contributed by atoms with E-state index in [1.54, 1.807) is 18.2 Å². The molecule has 1 aliphatic heterocycles. The summed E-state index contributed by atoms with van der Waals surface area (Å²) in [5.74, 6) is -0.632. The molecule has 2 aromatic heterocycles. The summed E-state index contributed by atoms with van der Waals surface area (Å²) in [5, 5.41) is 6.91. The molecule has 0 saturated carbocycles. The quantitative estimate of drug-likeness (QED) is 0.278. The minimum Gasteiger partial charge on any atom is -0.322 e. The first kappa shape index (κ1) is 26.7. The van der Waals surface area contributed by atoms with Crippen LogP contribution >= 0.6 is 0 Å². The van der Waals surface area contributed by atoms with E-state index in [1.165, 1.54) is 24.0 Å². The number of rotatable bonds is 6. The summed E-state index contributed by atoms with van der Waals surface area (Å²) >= 11 is 0. The van der Waals surface area contributed by atoms with E-state index in [9.17, 15) is 18.0 Å². The Morgan fingerprint density at radius 3 is 2.49 bits per heavy atom. The first-order valence-electron chi connectivity index (χ1n) is 13.3. The Balaban J connectivity index is 1.23. The second kappa shape index (κ2) is 11.1. The zero-order valence-electron chi connectivity index (χ0n) is 22.0. The Morgan fingerprint density at radius 2 is 1.71 bits per heavy atom. The second-order valence-electron chi connectivity index (χ2n) is 9.95. The standard InChI is InChI=1S/C31H27F3N6O/c32-31(33,34)24-5-1-4-23(17-24)30(41)38-25-6-2-3-22(18-25)28-27-11-14-40(29(27)37-20-36-28)26-9-7-21(8-10-26)19-39-15-12-35-13-16-39/h1-11,14,17-18,20,35H,12-13,15-16,19H2,(H,38,41). The number of nitrogens with zero attached hydrogens (tertiary/aromatic N) is 4. The second-order valence-corrected chi connectivity index (χ2v) is 9.95. The highest BCUT2D eigenvalue weighted by atomic mass is 19.4. The number of nitrogens with one attached hydrogen (secondary N) is 2. The van der Waals surface area contributed by atoms with Crippen LogP contribution in [0.15, 0.2) is 91.4 Å². The minimum atomic E-state index is -4.53. The third-order valence-corrected chi connectivity index (χ3v) is 7.16. The minimum absolute atomic E-state index is 0.0781. The normalized spacial score (nSPS) is 14.3. The molecule has 3 heterocycles. The predicted octanol–water partition coefficient (Wildman–Crippen LogP) is 5.76. The van der Waals surface area contributed by atoms with Gasteiger partial charge in [0.2, 0.25) is 0 Å². The molecule has 7 nitrogen and oxygen atoms in total. The van der Waals surface area contributed by atoms with E-state index in [0.717, 1.165) is 67.1 Å². The molecule has 0 aliphatic carbocycles. The molecule has 41 heavy (non-hydrogen) atoms. The number of hydrogen-bond donors (Lipinski definition) is 2. The molecular weight excluding hydrogens is 529 g/mol. The highest BCUT2D eigenvalue weighted by Crippen LogP contribution is 2.31. The predicted molar refractivity (Wildman–Crippen MR) is 152 cm³/mol. The van der Waals surface area contributed by atoms with E-state index < -0.39 is 17.6 Å². The Bertz CT molecular complexity index is 1690. The number of carbonyl (C=O) groups is 1. The van der Waals surface area contributed by atoms with Crippen molar-refractivity contribution in [3.8, 4) is 16.9 Å². The molecule has 0 bridgehead atoms. The van der Waals surface area contributed by atoms with Crippen molar-refractivity contribution in [1.29, 1.82) is 0 Å². The maximum absolute atomic E-state index is 13.1. The lowest BCUT2D eigenvalue weighted by Crippen LogP contribution is -2.42. The molecule has 1 amide bonds. The first-order valence-corrected chi connectivity index (χ1v) is 13.3. The molecule has 1 saturated heterocycles. The van der Waals surface area contributed by atoms with E-state index in [0.29, 0.717) is 11.4 Å². The topological polar surface area (TPSA) is 75.1 Å². The molecule has 2 N–H and O–H groups in total. The summed E-state index contributed by atoms with van der Waals surface area (Å²) in [4.78, 5) is 24.2. The zero-order chi connectivity index (χ0) is 28.4. The number of piperazine rings is 1. The lowest BCUT2D eigenvalue weighted by molar-refractivity contribution is -0.137. The van der Waals surface area contributed by atoms with E-state index in [2.05, 4.69) is 49.8 Å². The van der Waals surface area contributed by atoms with Crippen LogP contribution in [0.1, 0.15) is 21.5 Å². The van der Waals surface area contributed by atoms with Crippen molar-refractivity contribution in [2.45, 2.75) is 12.7 Å². The summed E-state index contributed by atoms with van der Waals surface area (Å²) in [6.45, 7) is 5.03. The highest BCUT2D eigenvalue weighted by Gasteiger charge is 2.31. The zero-order valence-corrected chi connectivity index (χ0v) is 22.0. The van der Waals surface area contributed by atoms with Crippen LogP contribution in [0.5, 0.6) is 0 Å². The van der Waals surface area contributed by atoms with Gasteiger partial charge in [-0.15, -0.1) is 0 Å². The number of fused-ring (bicyclic) bond motifs is 1. The van der Waals surface area contributed by atoms with Crippen molar-refractivity contribution in [1.82, 2.24) is 24.8 Å². The van der Waals surface area contributed by atoms with E-state index in [4.69, 9.17) is 0 Å².